The van der Waals surface area contributed by atoms with Crippen LogP contribution in [0.1, 0.15) is 28.3 Å². The average molecular weight is 266 g/mol. The minimum Gasteiger partial charge on any atom is -0.504 e. The van der Waals surface area contributed by atoms with Gasteiger partial charge in [0.25, 0.3) is 0 Å². The molecule has 0 saturated heterocycles. The number of hydrogen-bond acceptors (Lipinski definition) is 4. The number of phenolic OH excluding ortho intramolecular Hbond substituents is 2. The van der Waals surface area contributed by atoms with E-state index in [1.54, 1.807) is 18.2 Å². The Hall–Kier alpha value is -2.51. The molecule has 1 aliphatic rings. The maximum Gasteiger partial charge on any atom is 0.157 e. The minimum atomic E-state index is -0.138. The number of fused-ring (bicyclic) bond motifs is 1. The maximum absolute atomic E-state index is 9.72. The van der Waals surface area contributed by atoms with Gasteiger partial charge in [-0.25, -0.2) is 0 Å². The molecule has 1 heterocycles. The highest BCUT2D eigenvalue weighted by Crippen LogP contribution is 2.36. The Kier molecular flexibility index (Phi) is 3.05. The molecule has 2 aromatic carbocycles. The molecule has 0 fully saturated rings. The van der Waals surface area contributed by atoms with Crippen molar-refractivity contribution in [2.24, 2.45) is 0 Å². The van der Waals surface area contributed by atoms with E-state index >= 15 is 0 Å². The van der Waals surface area contributed by atoms with Gasteiger partial charge in [0, 0.05) is 6.54 Å². The van der Waals surface area contributed by atoms with Gasteiger partial charge >= 0.3 is 0 Å². The smallest absolute Gasteiger partial charge is 0.157 e. The highest BCUT2D eigenvalue weighted by Gasteiger charge is 2.24. The first-order chi connectivity index (χ1) is 9.70. The monoisotopic (exact) mass is 266 g/mol. The van der Waals surface area contributed by atoms with Crippen molar-refractivity contribution >= 4 is 0 Å². The lowest BCUT2D eigenvalue weighted by Gasteiger charge is -2.28. The second-order valence-electron chi connectivity index (χ2n) is 4.88. The molecule has 0 radical (unpaired) electrons. The molecule has 4 nitrogen and oxygen atoms in total. The summed E-state index contributed by atoms with van der Waals surface area (Å²) in [5.74, 6) is -0.232. The Morgan fingerprint density at radius 1 is 1.10 bits per heavy atom. The summed E-state index contributed by atoms with van der Waals surface area (Å²) in [6.45, 7) is 0.766. The SMILES string of the molecule is N#Cc1ccccc1C1NCCc2cc(O)c(O)cc21. The summed E-state index contributed by atoms with van der Waals surface area (Å²) in [5.41, 5.74) is 3.41. The lowest BCUT2D eigenvalue weighted by Crippen LogP contribution is -2.31. The Labute approximate surface area is 116 Å². The van der Waals surface area contributed by atoms with Crippen LogP contribution in [-0.4, -0.2) is 16.8 Å². The fourth-order valence-electron chi connectivity index (χ4n) is 2.71. The van der Waals surface area contributed by atoms with Crippen molar-refractivity contribution in [2.75, 3.05) is 6.54 Å². The van der Waals surface area contributed by atoms with E-state index in [0.29, 0.717) is 5.56 Å². The third-order valence-electron chi connectivity index (χ3n) is 3.68. The molecule has 1 unspecified atom stereocenters. The third kappa shape index (κ3) is 1.98. The van der Waals surface area contributed by atoms with Crippen LogP contribution in [0.15, 0.2) is 36.4 Å². The molecule has 0 amide bonds. The molecule has 0 aromatic heterocycles. The first-order valence-corrected chi connectivity index (χ1v) is 6.48. The molecule has 0 saturated carbocycles. The van der Waals surface area contributed by atoms with Crippen molar-refractivity contribution in [3.05, 3.63) is 58.7 Å². The number of nitriles is 1. The first kappa shape index (κ1) is 12.5. The van der Waals surface area contributed by atoms with E-state index in [9.17, 15) is 15.5 Å². The topological polar surface area (TPSA) is 76.3 Å². The molecule has 1 atom stereocenters. The molecular weight excluding hydrogens is 252 g/mol. The van der Waals surface area contributed by atoms with Gasteiger partial charge in [0.2, 0.25) is 0 Å². The van der Waals surface area contributed by atoms with Crippen LogP contribution in [0.25, 0.3) is 0 Å². The van der Waals surface area contributed by atoms with Crippen molar-refractivity contribution in [1.82, 2.24) is 5.32 Å². The predicted molar refractivity (Wildman–Crippen MR) is 74.5 cm³/mol. The van der Waals surface area contributed by atoms with Crippen LogP contribution < -0.4 is 5.32 Å². The number of nitrogens with one attached hydrogen (secondary N) is 1. The van der Waals surface area contributed by atoms with Crippen molar-refractivity contribution in [3.8, 4) is 17.6 Å². The molecule has 3 N–H and O–H groups in total. The van der Waals surface area contributed by atoms with Crippen LogP contribution in [0.4, 0.5) is 0 Å². The third-order valence-corrected chi connectivity index (χ3v) is 3.68. The highest BCUT2D eigenvalue weighted by molar-refractivity contribution is 5.52. The zero-order valence-corrected chi connectivity index (χ0v) is 10.8. The normalized spacial score (nSPS) is 17.2. The van der Waals surface area contributed by atoms with Gasteiger partial charge in [0.05, 0.1) is 17.7 Å². The van der Waals surface area contributed by atoms with E-state index in [4.69, 9.17) is 0 Å². The lowest BCUT2D eigenvalue weighted by molar-refractivity contribution is 0.400. The summed E-state index contributed by atoms with van der Waals surface area (Å²) in [6, 6.07) is 12.7. The second kappa shape index (κ2) is 4.87. The Morgan fingerprint density at radius 2 is 1.85 bits per heavy atom. The van der Waals surface area contributed by atoms with Crippen molar-refractivity contribution in [1.29, 1.82) is 5.26 Å². The van der Waals surface area contributed by atoms with E-state index in [1.165, 1.54) is 0 Å². The fourth-order valence-corrected chi connectivity index (χ4v) is 2.71. The minimum absolute atomic E-state index is 0.0991. The summed E-state index contributed by atoms with van der Waals surface area (Å²) >= 11 is 0. The zero-order valence-electron chi connectivity index (χ0n) is 10.8. The van der Waals surface area contributed by atoms with Gasteiger partial charge in [-0.2, -0.15) is 5.26 Å². The van der Waals surface area contributed by atoms with Crippen LogP contribution in [0.5, 0.6) is 11.5 Å². The van der Waals surface area contributed by atoms with Gasteiger partial charge in [-0.05, 0) is 41.3 Å². The maximum atomic E-state index is 9.72. The van der Waals surface area contributed by atoms with Crippen LogP contribution in [0.3, 0.4) is 0 Å². The molecule has 2 aromatic rings. The molecule has 0 aliphatic carbocycles. The second-order valence-corrected chi connectivity index (χ2v) is 4.88. The van der Waals surface area contributed by atoms with Gasteiger partial charge in [0.1, 0.15) is 0 Å². The summed E-state index contributed by atoms with van der Waals surface area (Å²) in [7, 11) is 0. The van der Waals surface area contributed by atoms with E-state index in [1.807, 2.05) is 18.2 Å². The van der Waals surface area contributed by atoms with Gasteiger partial charge in [0.15, 0.2) is 11.5 Å². The van der Waals surface area contributed by atoms with Gasteiger partial charge in [-0.1, -0.05) is 18.2 Å². The molecule has 20 heavy (non-hydrogen) atoms. The molecule has 3 rings (SSSR count). The van der Waals surface area contributed by atoms with E-state index in [2.05, 4.69) is 11.4 Å². The van der Waals surface area contributed by atoms with Crippen molar-refractivity contribution in [3.63, 3.8) is 0 Å². The Morgan fingerprint density at radius 3 is 2.65 bits per heavy atom. The summed E-state index contributed by atoms with van der Waals surface area (Å²) in [4.78, 5) is 0. The number of benzene rings is 2. The predicted octanol–water partition coefficient (Wildman–Crippen LogP) is 2.20. The van der Waals surface area contributed by atoms with Crippen molar-refractivity contribution < 1.29 is 10.2 Å². The number of hydrogen-bond donors (Lipinski definition) is 3. The van der Waals surface area contributed by atoms with Gasteiger partial charge in [-0.3, -0.25) is 0 Å². The zero-order chi connectivity index (χ0) is 14.1. The number of nitrogens with zero attached hydrogens (tertiary/aromatic N) is 1. The first-order valence-electron chi connectivity index (χ1n) is 6.48. The average Bonchev–Trinajstić information content (AvgIpc) is 2.48. The standard InChI is InChI=1S/C16H14N2O2/c17-9-11-3-1-2-4-12(11)16-13-8-15(20)14(19)7-10(13)5-6-18-16/h1-4,7-8,16,18-20H,5-6H2. The molecule has 1 aliphatic heterocycles. The molecule has 0 bridgehead atoms. The van der Waals surface area contributed by atoms with Crippen LogP contribution in [-0.2, 0) is 6.42 Å². The van der Waals surface area contributed by atoms with Crippen molar-refractivity contribution in [2.45, 2.75) is 12.5 Å². The lowest BCUT2D eigenvalue weighted by atomic mass is 9.87. The number of aromatic hydroxyl groups is 2. The van der Waals surface area contributed by atoms with E-state index in [-0.39, 0.29) is 17.5 Å². The number of phenols is 2. The summed E-state index contributed by atoms with van der Waals surface area (Å²) in [6.07, 6.45) is 0.786. The summed E-state index contributed by atoms with van der Waals surface area (Å²) < 4.78 is 0. The van der Waals surface area contributed by atoms with Crippen LogP contribution in [0, 0.1) is 11.3 Å². The van der Waals surface area contributed by atoms with Crippen LogP contribution >= 0.6 is 0 Å². The Balaban J connectivity index is 2.15. The Bertz CT molecular complexity index is 704. The largest absolute Gasteiger partial charge is 0.504 e. The summed E-state index contributed by atoms with van der Waals surface area (Å²) in [5, 5.41) is 31.9. The van der Waals surface area contributed by atoms with Crippen LogP contribution in [0.2, 0.25) is 0 Å². The quantitative estimate of drug-likeness (QED) is 0.692. The van der Waals surface area contributed by atoms with Gasteiger partial charge < -0.3 is 15.5 Å². The molecule has 4 heteroatoms. The van der Waals surface area contributed by atoms with E-state index in [0.717, 1.165) is 29.7 Å². The molecule has 0 spiro atoms. The molecule has 100 valence electrons. The fraction of sp³-hybridized carbons (Fsp3) is 0.188. The molecular formula is C16H14N2O2. The van der Waals surface area contributed by atoms with E-state index < -0.39 is 0 Å². The van der Waals surface area contributed by atoms with Gasteiger partial charge in [-0.15, -0.1) is 0 Å². The highest BCUT2D eigenvalue weighted by atomic mass is 16.3. The number of rotatable bonds is 1.